The summed E-state index contributed by atoms with van der Waals surface area (Å²) in [5.41, 5.74) is 6.92. The largest absolute Gasteiger partial charge is 0.477 e. The van der Waals surface area contributed by atoms with Gasteiger partial charge in [-0.05, 0) is 151 Å². The minimum Gasteiger partial charge on any atom is -0.477 e. The number of nitrogens with zero attached hydrogens (tertiary/aromatic N) is 2. The summed E-state index contributed by atoms with van der Waals surface area (Å²) in [6.07, 6.45) is 1.05. The van der Waals surface area contributed by atoms with Crippen LogP contribution in [0.15, 0.2) is 48.5 Å². The SMILES string of the molecule is CC1(C)[C@H](CC(=O)c2cc3cc(C(F)(F)F)ccc3s2)C2CCN1CC2.CC1(C)[C@H](N)C2CCN1CC2.Cc1ccc2sc(C(=O)O)cc2c1.Cl. The summed E-state index contributed by atoms with van der Waals surface area (Å²) in [4.78, 5) is 29.6. The third-order valence-electron chi connectivity index (χ3n) is 11.9. The Balaban J connectivity index is 0.000000168. The van der Waals surface area contributed by atoms with Crippen molar-refractivity contribution in [1.29, 1.82) is 0 Å². The number of carbonyl (C=O) groups excluding carboxylic acids is 1. The van der Waals surface area contributed by atoms with Crippen molar-refractivity contribution >= 4 is 67.0 Å². The molecule has 3 N–H and O–H groups in total. The number of ketones is 1. The Morgan fingerprint density at radius 2 is 1.31 bits per heavy atom. The van der Waals surface area contributed by atoms with Crippen LogP contribution >= 0.6 is 35.1 Å². The van der Waals surface area contributed by atoms with Gasteiger partial charge in [-0.1, -0.05) is 17.7 Å². The van der Waals surface area contributed by atoms with Gasteiger partial charge in [-0.15, -0.1) is 35.1 Å². The first-order chi connectivity index (χ1) is 23.4. The second-order valence-corrected chi connectivity index (χ2v) is 17.7. The molecule has 2 aromatic carbocycles. The molecule has 0 radical (unpaired) electrons. The number of piperidine rings is 6. The smallest absolute Gasteiger partial charge is 0.416 e. The van der Waals surface area contributed by atoms with Gasteiger partial charge in [0.25, 0.3) is 0 Å². The van der Waals surface area contributed by atoms with Crippen LogP contribution in [0.25, 0.3) is 20.2 Å². The molecule has 6 fully saturated rings. The number of carboxylic acid groups (broad SMARTS) is 1. The molecule has 4 aromatic rings. The van der Waals surface area contributed by atoms with Crippen molar-refractivity contribution in [1.82, 2.24) is 9.80 Å². The molecular weight excluding hydrogens is 715 g/mol. The Hall–Kier alpha value is -2.54. The standard InChI is InChI=1S/C20H22F3NOS.C10H8O2S.C9H18N2.ClH/c1-19(2)15(12-5-7-24(19)8-6-12)11-16(25)18-10-13-9-14(20(21,22)23)3-4-17(13)26-18;1-6-2-3-8-7(4-6)5-9(13-8)10(11)12;1-9(2)8(10)7-3-5-11(9)6-4-7;/h3-4,9-10,12,15H,5-8,11H2,1-2H3;2-5H,1H3,(H,11,12);7-8H,3-6,10H2,1-2H3;1H/t15-;;8-;/m1.1./s1. The third-order valence-corrected chi connectivity index (χ3v) is 14.2. The quantitative estimate of drug-likeness (QED) is 0.201. The summed E-state index contributed by atoms with van der Waals surface area (Å²) in [5.74, 6) is 0.902. The Morgan fingerprint density at radius 3 is 1.82 bits per heavy atom. The number of benzene rings is 2. The van der Waals surface area contributed by atoms with Crippen LogP contribution in [0.2, 0.25) is 0 Å². The van der Waals surface area contributed by atoms with Crippen LogP contribution in [0, 0.1) is 24.7 Å². The molecule has 278 valence electrons. The van der Waals surface area contributed by atoms with Crippen LogP contribution in [-0.2, 0) is 6.18 Å². The molecule has 0 unspecified atom stereocenters. The highest BCUT2D eigenvalue weighted by molar-refractivity contribution is 7.21. The molecular formula is C39H49ClF3N3O3S2. The van der Waals surface area contributed by atoms with Gasteiger partial charge in [0.2, 0.25) is 0 Å². The van der Waals surface area contributed by atoms with Crippen LogP contribution in [0.3, 0.4) is 0 Å². The van der Waals surface area contributed by atoms with E-state index in [2.05, 4.69) is 37.5 Å². The van der Waals surface area contributed by atoms with Gasteiger partial charge in [0, 0.05) is 32.9 Å². The molecule has 12 heteroatoms. The van der Waals surface area contributed by atoms with Gasteiger partial charge in [0.1, 0.15) is 4.88 Å². The highest BCUT2D eigenvalue weighted by atomic mass is 35.5. The fraction of sp³-hybridized carbons (Fsp3) is 0.538. The number of alkyl halides is 3. The lowest BCUT2D eigenvalue weighted by Crippen LogP contribution is -2.67. The van der Waals surface area contributed by atoms with Crippen LogP contribution in [0.5, 0.6) is 0 Å². The minimum absolute atomic E-state index is 0. The van der Waals surface area contributed by atoms with E-state index in [0.717, 1.165) is 64.3 Å². The van der Waals surface area contributed by atoms with Crippen molar-refractivity contribution in [3.63, 3.8) is 0 Å². The number of aryl methyl sites for hydroxylation is 1. The summed E-state index contributed by atoms with van der Waals surface area (Å²) in [7, 11) is 0. The normalized spacial score (nSPS) is 27.2. The molecule has 51 heavy (non-hydrogen) atoms. The van der Waals surface area contributed by atoms with Crippen molar-refractivity contribution in [2.75, 3.05) is 26.2 Å². The summed E-state index contributed by atoms with van der Waals surface area (Å²) < 4.78 is 40.4. The van der Waals surface area contributed by atoms with Gasteiger partial charge in [-0.3, -0.25) is 14.6 Å². The highest BCUT2D eigenvalue weighted by Crippen LogP contribution is 2.46. The van der Waals surface area contributed by atoms with E-state index in [1.807, 2.05) is 25.1 Å². The van der Waals surface area contributed by atoms with Crippen LogP contribution in [-0.4, -0.2) is 70.0 Å². The average Bonchev–Trinajstić information content (AvgIpc) is 3.70. The molecule has 6 aliphatic rings. The second-order valence-electron chi connectivity index (χ2n) is 15.5. The number of carboxylic acids is 1. The first-order valence-electron chi connectivity index (χ1n) is 17.6. The monoisotopic (exact) mass is 763 g/mol. The summed E-state index contributed by atoms with van der Waals surface area (Å²) in [6, 6.07) is 13.4. The van der Waals surface area contributed by atoms with Gasteiger partial charge >= 0.3 is 12.1 Å². The summed E-state index contributed by atoms with van der Waals surface area (Å²) >= 11 is 2.62. The van der Waals surface area contributed by atoms with Crippen molar-refractivity contribution in [3.8, 4) is 0 Å². The van der Waals surface area contributed by atoms with Gasteiger partial charge < -0.3 is 10.8 Å². The zero-order valence-electron chi connectivity index (χ0n) is 29.9. The fourth-order valence-electron chi connectivity index (χ4n) is 8.65. The van der Waals surface area contributed by atoms with Crippen molar-refractivity contribution in [2.24, 2.45) is 23.5 Å². The van der Waals surface area contributed by atoms with E-state index in [1.54, 1.807) is 12.1 Å². The van der Waals surface area contributed by atoms with Crippen LogP contribution < -0.4 is 5.73 Å². The molecule has 6 nitrogen and oxygen atoms in total. The number of aromatic carboxylic acids is 1. The van der Waals surface area contributed by atoms with Crippen molar-refractivity contribution < 1.29 is 27.9 Å². The minimum atomic E-state index is -4.36. The Labute approximate surface area is 312 Å². The Bertz CT molecular complexity index is 1870. The van der Waals surface area contributed by atoms with Crippen molar-refractivity contribution in [2.45, 2.75) is 90.0 Å². The van der Waals surface area contributed by atoms with Gasteiger partial charge in [0.15, 0.2) is 5.78 Å². The van der Waals surface area contributed by atoms with E-state index in [9.17, 15) is 22.8 Å². The molecule has 0 spiro atoms. The maximum atomic E-state index is 12.9. The predicted octanol–water partition coefficient (Wildman–Crippen LogP) is 9.76. The van der Waals surface area contributed by atoms with E-state index in [1.165, 1.54) is 54.7 Å². The number of hydrogen-bond donors (Lipinski definition) is 2. The highest BCUT2D eigenvalue weighted by Gasteiger charge is 2.48. The number of rotatable bonds is 4. The lowest BCUT2D eigenvalue weighted by atomic mass is 9.65. The van der Waals surface area contributed by atoms with Crippen molar-refractivity contribution in [3.05, 3.63) is 69.4 Å². The first kappa shape index (κ1) is 39.7. The molecule has 6 saturated heterocycles. The number of fused-ring (bicyclic) bond motifs is 8. The molecule has 8 heterocycles. The first-order valence-corrected chi connectivity index (χ1v) is 19.2. The van der Waals surface area contributed by atoms with Gasteiger partial charge in [-0.25, -0.2) is 4.79 Å². The van der Waals surface area contributed by atoms with Crippen LogP contribution in [0.4, 0.5) is 13.2 Å². The van der Waals surface area contributed by atoms with Gasteiger partial charge in [0.05, 0.1) is 10.4 Å². The second kappa shape index (κ2) is 15.1. The summed E-state index contributed by atoms with van der Waals surface area (Å²) in [5, 5.41) is 10.3. The molecule has 0 amide bonds. The van der Waals surface area contributed by atoms with Gasteiger partial charge in [-0.2, -0.15) is 13.2 Å². The molecule has 2 aromatic heterocycles. The zero-order valence-corrected chi connectivity index (χ0v) is 32.3. The molecule has 2 atom stereocenters. The van der Waals surface area contributed by atoms with E-state index >= 15 is 0 Å². The van der Waals surface area contributed by atoms with E-state index in [4.69, 9.17) is 10.8 Å². The van der Waals surface area contributed by atoms with Crippen LogP contribution in [0.1, 0.15) is 90.3 Å². The number of nitrogens with two attached hydrogens (primary N) is 1. The maximum Gasteiger partial charge on any atom is 0.416 e. The number of thiophene rings is 2. The number of Topliss-reactive ketones (excluding diaryl/α,β-unsaturated/α-hetero) is 1. The topological polar surface area (TPSA) is 86.9 Å². The van der Waals surface area contributed by atoms with E-state index in [0.29, 0.717) is 39.4 Å². The average molecular weight is 764 g/mol. The molecule has 0 aliphatic carbocycles. The fourth-order valence-corrected chi connectivity index (χ4v) is 10.5. The molecule has 0 saturated carbocycles. The number of halogens is 4. The lowest BCUT2D eigenvalue weighted by Gasteiger charge is -2.56. The molecule has 4 bridgehead atoms. The Kier molecular flexibility index (Phi) is 11.7. The van der Waals surface area contributed by atoms with E-state index in [-0.39, 0.29) is 29.3 Å². The third kappa shape index (κ3) is 8.19. The summed E-state index contributed by atoms with van der Waals surface area (Å²) in [6.45, 7) is 15.7. The molecule has 10 rings (SSSR count). The predicted molar refractivity (Wildman–Crippen MR) is 205 cm³/mol. The lowest BCUT2D eigenvalue weighted by molar-refractivity contribution is -0.137. The maximum absolute atomic E-state index is 12.9. The number of hydrogen-bond acceptors (Lipinski definition) is 7. The molecule has 6 aliphatic heterocycles. The van der Waals surface area contributed by atoms with E-state index < -0.39 is 17.7 Å². The Morgan fingerprint density at radius 1 is 0.804 bits per heavy atom. The number of carbonyl (C=O) groups is 2. The zero-order chi connectivity index (χ0) is 36.2.